The Bertz CT molecular complexity index is 875. The van der Waals surface area contributed by atoms with E-state index in [9.17, 15) is 22.8 Å². The average Bonchev–Trinajstić information content (AvgIpc) is 2.74. The number of ether oxygens (including phenoxy) is 1. The molecule has 1 unspecified atom stereocenters. The molecule has 2 rings (SSSR count). The molecule has 0 aromatic heterocycles. The summed E-state index contributed by atoms with van der Waals surface area (Å²) >= 11 is 0. The van der Waals surface area contributed by atoms with Gasteiger partial charge in [-0.3, -0.25) is 4.79 Å². The molecule has 0 saturated carbocycles. The number of nitrogens with one attached hydrogen (secondary N) is 1. The lowest BCUT2D eigenvalue weighted by molar-refractivity contribution is -0.137. The highest BCUT2D eigenvalue weighted by atomic mass is 19.4. The summed E-state index contributed by atoms with van der Waals surface area (Å²) in [6.07, 6.45) is -1.90. The number of carbonyl (C=O) groups excluding carboxylic acids is 2. The average molecular weight is 419 g/mol. The number of amides is 1. The number of Topliss-reactive ketones (excluding diaryl/α,β-unsaturated/α-hetero) is 1. The number of carbonyl (C=O) groups is 2. The van der Waals surface area contributed by atoms with Gasteiger partial charge in [-0.2, -0.15) is 13.2 Å². The van der Waals surface area contributed by atoms with Crippen molar-refractivity contribution >= 4 is 18.0 Å². The van der Waals surface area contributed by atoms with Crippen molar-refractivity contribution in [3.05, 3.63) is 76.9 Å². The predicted octanol–water partition coefficient (Wildman–Crippen LogP) is 5.95. The summed E-state index contributed by atoms with van der Waals surface area (Å²) in [5.41, 5.74) is 0.551. The molecule has 4 nitrogen and oxygen atoms in total. The Kier molecular flexibility index (Phi) is 8.21. The van der Waals surface area contributed by atoms with Crippen molar-refractivity contribution in [2.45, 2.75) is 38.4 Å². The highest BCUT2D eigenvalue weighted by molar-refractivity contribution is 6.01. The van der Waals surface area contributed by atoms with Crippen LogP contribution >= 0.6 is 0 Å². The Morgan fingerprint density at radius 3 is 2.23 bits per heavy atom. The normalized spacial score (nSPS) is 12.9. The molecule has 7 heteroatoms. The van der Waals surface area contributed by atoms with Crippen LogP contribution in [0.2, 0.25) is 0 Å². The van der Waals surface area contributed by atoms with Crippen molar-refractivity contribution in [1.29, 1.82) is 0 Å². The Balaban J connectivity index is 2.53. The second-order valence-corrected chi connectivity index (χ2v) is 6.73. The number of hydrogen-bond acceptors (Lipinski definition) is 3. The van der Waals surface area contributed by atoms with Crippen LogP contribution in [-0.2, 0) is 15.7 Å². The lowest BCUT2D eigenvalue weighted by Gasteiger charge is -2.22. The maximum absolute atomic E-state index is 13.0. The van der Waals surface area contributed by atoms with Crippen molar-refractivity contribution < 1.29 is 27.5 Å². The molecule has 0 radical (unpaired) electrons. The Labute approximate surface area is 173 Å². The highest BCUT2D eigenvalue weighted by Gasteiger charge is 2.31. The summed E-state index contributed by atoms with van der Waals surface area (Å²) in [7, 11) is 1.18. The van der Waals surface area contributed by atoms with E-state index in [1.165, 1.54) is 19.2 Å². The van der Waals surface area contributed by atoms with Crippen molar-refractivity contribution in [3.8, 4) is 0 Å². The monoisotopic (exact) mass is 419 g/mol. The van der Waals surface area contributed by atoms with Crippen LogP contribution in [0.4, 0.5) is 18.0 Å². The van der Waals surface area contributed by atoms with Gasteiger partial charge in [0.05, 0.1) is 18.7 Å². The molecule has 0 bridgehead atoms. The molecule has 160 valence electrons. The van der Waals surface area contributed by atoms with E-state index in [1.54, 1.807) is 30.3 Å². The largest absolute Gasteiger partial charge is 0.453 e. The smallest absolute Gasteiger partial charge is 0.416 e. The molecule has 0 heterocycles. The van der Waals surface area contributed by atoms with Gasteiger partial charge >= 0.3 is 12.3 Å². The summed E-state index contributed by atoms with van der Waals surface area (Å²) in [6.45, 7) is 1.95. The van der Waals surface area contributed by atoms with Crippen LogP contribution in [0.25, 0.3) is 6.08 Å². The number of alkyl halides is 3. The summed E-state index contributed by atoms with van der Waals surface area (Å²) in [4.78, 5) is 24.9. The van der Waals surface area contributed by atoms with Crippen LogP contribution in [0.3, 0.4) is 0 Å². The van der Waals surface area contributed by atoms with Gasteiger partial charge in [0, 0.05) is 12.0 Å². The van der Waals surface area contributed by atoms with E-state index >= 15 is 0 Å². The maximum Gasteiger partial charge on any atom is 0.416 e. The number of unbranched alkanes of at least 4 members (excludes halogenated alkanes) is 1. The number of ketones is 1. The van der Waals surface area contributed by atoms with Crippen LogP contribution in [0, 0.1) is 0 Å². The fourth-order valence-corrected chi connectivity index (χ4v) is 2.92. The summed E-state index contributed by atoms with van der Waals surface area (Å²) < 4.78 is 43.5. The quantitative estimate of drug-likeness (QED) is 0.538. The van der Waals surface area contributed by atoms with Gasteiger partial charge in [0.15, 0.2) is 5.78 Å². The van der Waals surface area contributed by atoms with E-state index < -0.39 is 23.9 Å². The van der Waals surface area contributed by atoms with Gasteiger partial charge < -0.3 is 10.1 Å². The minimum atomic E-state index is -4.48. The minimum absolute atomic E-state index is 0.193. The highest BCUT2D eigenvalue weighted by Crippen LogP contribution is 2.32. The summed E-state index contributed by atoms with van der Waals surface area (Å²) in [5.74, 6) is -0.193. The molecule has 0 spiro atoms. The molecule has 0 aliphatic carbocycles. The van der Waals surface area contributed by atoms with Gasteiger partial charge in [-0.1, -0.05) is 55.8 Å². The van der Waals surface area contributed by atoms with Crippen molar-refractivity contribution in [2.24, 2.45) is 0 Å². The van der Waals surface area contributed by atoms with Gasteiger partial charge in [-0.05, 0) is 35.8 Å². The third kappa shape index (κ3) is 6.47. The zero-order chi connectivity index (χ0) is 22.1. The molecule has 1 amide bonds. The zero-order valence-corrected chi connectivity index (χ0v) is 16.8. The zero-order valence-electron chi connectivity index (χ0n) is 16.8. The molecule has 0 saturated heterocycles. The summed E-state index contributed by atoms with van der Waals surface area (Å²) in [5, 5.41) is 2.59. The topological polar surface area (TPSA) is 55.4 Å². The molecular weight excluding hydrogens is 395 g/mol. The molecular formula is C23H24F3NO3. The predicted molar refractivity (Wildman–Crippen MR) is 109 cm³/mol. The van der Waals surface area contributed by atoms with Crippen LogP contribution in [0.1, 0.15) is 48.9 Å². The number of rotatable bonds is 8. The van der Waals surface area contributed by atoms with Gasteiger partial charge in [-0.15, -0.1) is 0 Å². The third-order valence-electron chi connectivity index (χ3n) is 4.53. The fourth-order valence-electron chi connectivity index (χ4n) is 2.92. The van der Waals surface area contributed by atoms with Crippen molar-refractivity contribution in [1.82, 2.24) is 5.32 Å². The van der Waals surface area contributed by atoms with E-state index in [2.05, 4.69) is 10.1 Å². The lowest BCUT2D eigenvalue weighted by Crippen LogP contribution is -2.32. The first-order chi connectivity index (χ1) is 14.3. The van der Waals surface area contributed by atoms with Crippen LogP contribution in [0.15, 0.2) is 60.2 Å². The van der Waals surface area contributed by atoms with Crippen LogP contribution < -0.4 is 5.32 Å². The van der Waals surface area contributed by atoms with Gasteiger partial charge in [0.2, 0.25) is 0 Å². The molecule has 2 aromatic carbocycles. The first-order valence-electron chi connectivity index (χ1n) is 9.57. The molecule has 1 N–H and O–H groups in total. The molecule has 2 aromatic rings. The molecule has 1 atom stereocenters. The Morgan fingerprint density at radius 2 is 1.70 bits per heavy atom. The lowest BCUT2D eigenvalue weighted by atomic mass is 9.91. The van der Waals surface area contributed by atoms with Crippen LogP contribution in [-0.4, -0.2) is 19.0 Å². The maximum atomic E-state index is 13.0. The number of methoxy groups -OCH3 is 1. The molecule has 0 aliphatic heterocycles. The SMILES string of the molecule is CCCCC(=O)/C(=C/c1ccccc1)C(NC(=O)OC)c1ccc(C(F)(F)F)cc1. The summed E-state index contributed by atoms with van der Waals surface area (Å²) in [6, 6.07) is 12.5. The second kappa shape index (κ2) is 10.6. The standard InChI is InChI=1S/C23H24F3NO3/c1-3-4-10-20(28)19(15-16-8-6-5-7-9-16)21(27-22(29)30-2)17-11-13-18(14-12-17)23(24,25)26/h5-9,11-15,21H,3-4,10H2,1-2H3,(H,27,29)/b19-15-. The van der Waals surface area contributed by atoms with E-state index in [1.807, 2.05) is 13.0 Å². The Hall–Kier alpha value is -3.09. The molecule has 0 aliphatic rings. The first kappa shape index (κ1) is 23.2. The number of benzene rings is 2. The Morgan fingerprint density at radius 1 is 1.07 bits per heavy atom. The third-order valence-corrected chi connectivity index (χ3v) is 4.53. The molecule has 0 fully saturated rings. The van der Waals surface area contributed by atoms with E-state index in [0.29, 0.717) is 12.0 Å². The molecule has 30 heavy (non-hydrogen) atoms. The number of halogens is 3. The van der Waals surface area contributed by atoms with Crippen molar-refractivity contribution in [3.63, 3.8) is 0 Å². The van der Waals surface area contributed by atoms with Gasteiger partial charge in [0.25, 0.3) is 0 Å². The van der Waals surface area contributed by atoms with Crippen LogP contribution in [0.5, 0.6) is 0 Å². The minimum Gasteiger partial charge on any atom is -0.453 e. The van der Waals surface area contributed by atoms with E-state index in [4.69, 9.17) is 0 Å². The number of alkyl carbamates (subject to hydrolysis) is 1. The van der Waals surface area contributed by atoms with Gasteiger partial charge in [-0.25, -0.2) is 4.79 Å². The second-order valence-electron chi connectivity index (χ2n) is 6.73. The van der Waals surface area contributed by atoms with Gasteiger partial charge in [0.1, 0.15) is 0 Å². The number of hydrogen-bond donors (Lipinski definition) is 1. The fraction of sp³-hybridized carbons (Fsp3) is 0.304. The van der Waals surface area contributed by atoms with E-state index in [-0.39, 0.29) is 17.8 Å². The van der Waals surface area contributed by atoms with E-state index in [0.717, 1.165) is 24.1 Å². The van der Waals surface area contributed by atoms with Crippen molar-refractivity contribution in [2.75, 3.05) is 7.11 Å². The first-order valence-corrected chi connectivity index (χ1v) is 9.57.